The summed E-state index contributed by atoms with van der Waals surface area (Å²) >= 11 is 0. The second-order valence-electron chi connectivity index (χ2n) is 10.8. The van der Waals surface area contributed by atoms with Gasteiger partial charge in [0.15, 0.2) is 5.78 Å². The maximum Gasteiger partial charge on any atom is 0.167 e. The van der Waals surface area contributed by atoms with Crippen molar-refractivity contribution in [2.45, 2.75) is 38.5 Å². The van der Waals surface area contributed by atoms with Crippen molar-refractivity contribution >= 4 is 5.78 Å². The monoisotopic (exact) mass is 500 g/mol. The predicted octanol–water partition coefficient (Wildman–Crippen LogP) is 5.74. The van der Waals surface area contributed by atoms with Crippen LogP contribution in [0.15, 0.2) is 66.7 Å². The molecule has 3 atom stereocenters. The zero-order chi connectivity index (χ0) is 26.5. The fourth-order valence-corrected chi connectivity index (χ4v) is 5.86. The number of aromatic hydroxyl groups is 2. The molecule has 1 fully saturated rings. The first-order valence-corrected chi connectivity index (χ1v) is 13.3. The van der Waals surface area contributed by atoms with Crippen molar-refractivity contribution < 1.29 is 15.0 Å². The average molecular weight is 501 g/mol. The van der Waals surface area contributed by atoms with Crippen LogP contribution in [0.5, 0.6) is 11.5 Å². The second-order valence-corrected chi connectivity index (χ2v) is 10.8. The number of piperidine rings is 1. The van der Waals surface area contributed by atoms with E-state index in [1.165, 1.54) is 16.7 Å². The van der Waals surface area contributed by atoms with Crippen molar-refractivity contribution in [3.8, 4) is 11.5 Å². The van der Waals surface area contributed by atoms with Crippen LogP contribution in [0.25, 0.3) is 0 Å². The van der Waals surface area contributed by atoms with Crippen LogP contribution in [0, 0.1) is 19.8 Å². The largest absolute Gasteiger partial charge is 0.508 e. The lowest BCUT2D eigenvalue weighted by Gasteiger charge is -2.44. The molecule has 0 amide bonds. The number of unbranched alkanes of at least 4 members (excludes halogenated alkanes) is 1. The molecule has 3 unspecified atom stereocenters. The fourth-order valence-electron chi connectivity index (χ4n) is 5.86. The third-order valence-electron chi connectivity index (χ3n) is 7.92. The number of para-hydroxylation sites is 1. The van der Waals surface area contributed by atoms with Crippen molar-refractivity contribution in [2.75, 3.05) is 40.3 Å². The molecule has 0 aliphatic carbocycles. The van der Waals surface area contributed by atoms with Gasteiger partial charge in [0, 0.05) is 36.4 Å². The van der Waals surface area contributed by atoms with Gasteiger partial charge in [-0.1, -0.05) is 48.5 Å². The molecule has 3 aromatic rings. The number of benzene rings is 3. The minimum absolute atomic E-state index is 0.0419. The number of hydrogen-bond donors (Lipinski definition) is 2. The zero-order valence-corrected chi connectivity index (χ0v) is 22.5. The molecule has 2 N–H and O–H groups in total. The van der Waals surface area contributed by atoms with E-state index in [1.54, 1.807) is 30.3 Å². The highest BCUT2D eigenvalue weighted by Gasteiger charge is 2.43. The molecule has 0 bridgehead atoms. The van der Waals surface area contributed by atoms with Crippen LogP contribution in [0.2, 0.25) is 0 Å². The Bertz CT molecular complexity index is 1220. The summed E-state index contributed by atoms with van der Waals surface area (Å²) in [5.74, 6) is -0.0325. The summed E-state index contributed by atoms with van der Waals surface area (Å²) in [4.78, 5) is 18.8. The van der Waals surface area contributed by atoms with Crippen molar-refractivity contribution in [3.05, 3.63) is 94.5 Å². The van der Waals surface area contributed by atoms with Crippen LogP contribution in [0.4, 0.5) is 0 Å². The minimum Gasteiger partial charge on any atom is -0.508 e. The van der Waals surface area contributed by atoms with E-state index in [1.807, 2.05) is 18.2 Å². The number of rotatable bonds is 9. The highest BCUT2D eigenvalue weighted by molar-refractivity contribution is 5.99. The Hall–Kier alpha value is -3.15. The van der Waals surface area contributed by atoms with Crippen molar-refractivity contribution in [1.82, 2.24) is 9.80 Å². The van der Waals surface area contributed by atoms with Gasteiger partial charge in [0.05, 0.1) is 0 Å². The molecule has 196 valence electrons. The smallest absolute Gasteiger partial charge is 0.167 e. The predicted molar refractivity (Wildman–Crippen MR) is 150 cm³/mol. The standard InChI is InChI=1S/C32H40N2O3/c1-22-11-9-15-26(23(22)2)31-28(27-14-5-6-16-30(27)36)20-34(18-8-7-17-33(3)4)21-29(31)32(37)24-12-10-13-25(35)19-24/h5-6,9-16,19,28-29,31,35-36H,7-8,17-18,20-21H2,1-4H3. The van der Waals surface area contributed by atoms with Gasteiger partial charge < -0.3 is 20.0 Å². The molecular weight excluding hydrogens is 460 g/mol. The Morgan fingerprint density at radius 2 is 1.65 bits per heavy atom. The van der Waals surface area contributed by atoms with E-state index >= 15 is 0 Å². The summed E-state index contributed by atoms with van der Waals surface area (Å²) in [5.41, 5.74) is 4.98. The Labute approximate surface area is 221 Å². The highest BCUT2D eigenvalue weighted by atomic mass is 16.3. The van der Waals surface area contributed by atoms with Gasteiger partial charge in [-0.25, -0.2) is 0 Å². The minimum atomic E-state index is -0.311. The number of likely N-dealkylation sites (tertiary alicyclic amines) is 1. The molecular formula is C32H40N2O3. The molecule has 3 aromatic carbocycles. The molecule has 0 aromatic heterocycles. The molecule has 4 rings (SSSR count). The number of ketones is 1. The van der Waals surface area contributed by atoms with Crippen LogP contribution >= 0.6 is 0 Å². The molecule has 1 aliphatic heterocycles. The SMILES string of the molecule is Cc1cccc(C2C(C(=O)c3cccc(O)c3)CN(CCCCN(C)C)CC2c2ccccc2O)c1C. The topological polar surface area (TPSA) is 64.0 Å². The van der Waals surface area contributed by atoms with Gasteiger partial charge in [-0.15, -0.1) is 0 Å². The van der Waals surface area contributed by atoms with E-state index in [-0.39, 0.29) is 35.0 Å². The van der Waals surface area contributed by atoms with Crippen LogP contribution in [0.3, 0.4) is 0 Å². The first-order chi connectivity index (χ1) is 17.8. The van der Waals surface area contributed by atoms with E-state index < -0.39 is 0 Å². The number of phenols is 2. The first kappa shape index (κ1) is 26.9. The summed E-state index contributed by atoms with van der Waals surface area (Å²) < 4.78 is 0. The Balaban J connectivity index is 1.79. The maximum atomic E-state index is 14.2. The van der Waals surface area contributed by atoms with Crippen LogP contribution in [-0.2, 0) is 0 Å². The first-order valence-electron chi connectivity index (χ1n) is 13.3. The molecule has 1 heterocycles. The van der Waals surface area contributed by atoms with Crippen molar-refractivity contribution in [3.63, 3.8) is 0 Å². The van der Waals surface area contributed by atoms with Gasteiger partial charge in [0.2, 0.25) is 0 Å². The second kappa shape index (κ2) is 11.9. The number of carbonyl (C=O) groups excluding carboxylic acids is 1. The van der Waals surface area contributed by atoms with Crippen molar-refractivity contribution in [1.29, 1.82) is 0 Å². The summed E-state index contributed by atoms with van der Waals surface area (Å²) in [6.07, 6.45) is 2.14. The molecule has 1 aliphatic rings. The van der Waals surface area contributed by atoms with Gasteiger partial charge >= 0.3 is 0 Å². The molecule has 5 heteroatoms. The van der Waals surface area contributed by atoms with Gasteiger partial charge in [-0.05, 0) is 94.3 Å². The third-order valence-corrected chi connectivity index (χ3v) is 7.92. The van der Waals surface area contributed by atoms with E-state index in [9.17, 15) is 15.0 Å². The number of Topliss-reactive ketones (excluding diaryl/α,β-unsaturated/α-hetero) is 1. The normalized spacial score (nSPS) is 20.3. The molecule has 0 spiro atoms. The number of hydrogen-bond acceptors (Lipinski definition) is 5. The average Bonchev–Trinajstić information content (AvgIpc) is 2.88. The summed E-state index contributed by atoms with van der Waals surface area (Å²) in [5, 5.41) is 21.1. The van der Waals surface area contributed by atoms with Gasteiger partial charge in [0.25, 0.3) is 0 Å². The molecule has 37 heavy (non-hydrogen) atoms. The van der Waals surface area contributed by atoms with Gasteiger partial charge in [-0.3, -0.25) is 4.79 Å². The molecule has 0 saturated carbocycles. The Morgan fingerprint density at radius 1 is 0.919 bits per heavy atom. The third kappa shape index (κ3) is 6.23. The number of carbonyl (C=O) groups is 1. The summed E-state index contributed by atoms with van der Waals surface area (Å²) in [7, 11) is 4.18. The zero-order valence-electron chi connectivity index (χ0n) is 22.5. The quantitative estimate of drug-likeness (QED) is 0.290. The molecule has 5 nitrogen and oxygen atoms in total. The molecule has 0 radical (unpaired) electrons. The van der Waals surface area contributed by atoms with Gasteiger partial charge in [0.1, 0.15) is 11.5 Å². The summed E-state index contributed by atoms with van der Waals surface area (Å²) in [6.45, 7) is 7.62. The lowest BCUT2D eigenvalue weighted by atomic mass is 9.67. The van der Waals surface area contributed by atoms with Crippen LogP contribution < -0.4 is 0 Å². The van der Waals surface area contributed by atoms with Crippen molar-refractivity contribution in [2.24, 2.45) is 5.92 Å². The lowest BCUT2D eigenvalue weighted by molar-refractivity contribution is 0.0733. The van der Waals surface area contributed by atoms with E-state index in [4.69, 9.17) is 0 Å². The number of nitrogens with zero attached hydrogens (tertiary/aromatic N) is 2. The van der Waals surface area contributed by atoms with Gasteiger partial charge in [-0.2, -0.15) is 0 Å². The fraction of sp³-hybridized carbons (Fsp3) is 0.406. The number of aryl methyl sites for hydroxylation is 1. The van der Waals surface area contributed by atoms with Crippen LogP contribution in [-0.4, -0.2) is 66.1 Å². The van der Waals surface area contributed by atoms with E-state index in [2.05, 4.69) is 55.9 Å². The Morgan fingerprint density at radius 3 is 2.38 bits per heavy atom. The summed E-state index contributed by atoms with van der Waals surface area (Å²) in [6, 6.07) is 20.6. The maximum absolute atomic E-state index is 14.2. The lowest BCUT2D eigenvalue weighted by Crippen LogP contribution is -2.47. The highest BCUT2D eigenvalue weighted by Crippen LogP contribution is 2.47. The Kier molecular flexibility index (Phi) is 8.67. The number of phenolic OH excluding ortho intramolecular Hbond substituents is 2. The molecule has 1 saturated heterocycles. The van der Waals surface area contributed by atoms with Crippen LogP contribution in [0.1, 0.15) is 57.3 Å². The van der Waals surface area contributed by atoms with E-state index in [0.29, 0.717) is 12.1 Å². The van der Waals surface area contributed by atoms with E-state index in [0.717, 1.165) is 38.0 Å².